The quantitative estimate of drug-likeness (QED) is 0.631. The first kappa shape index (κ1) is 15.0. The Morgan fingerprint density at radius 3 is 2.17 bits per heavy atom. The zero-order valence-corrected chi connectivity index (χ0v) is 12.0. The first-order chi connectivity index (χ1) is 8.79. The Labute approximate surface area is 112 Å². The van der Waals surface area contributed by atoms with E-state index in [-0.39, 0.29) is 0 Å². The number of hydrogen-bond acceptors (Lipinski definition) is 2. The first-order valence-corrected chi connectivity index (χ1v) is 7.49. The normalized spacial score (nSPS) is 11.1. The second-order valence-corrected chi connectivity index (χ2v) is 5.19. The topological polar surface area (TPSA) is 38.9 Å². The Morgan fingerprint density at radius 1 is 1.06 bits per heavy atom. The van der Waals surface area contributed by atoms with Crippen LogP contribution in [0, 0.1) is 0 Å². The van der Waals surface area contributed by atoms with Crippen molar-refractivity contribution in [2.75, 3.05) is 5.73 Å². The van der Waals surface area contributed by atoms with E-state index in [2.05, 4.69) is 24.9 Å². The molecule has 0 aliphatic rings. The van der Waals surface area contributed by atoms with Gasteiger partial charge in [0.15, 0.2) is 0 Å². The molecule has 0 spiro atoms. The molecule has 102 valence electrons. The lowest BCUT2D eigenvalue weighted by molar-refractivity contribution is 0.507. The van der Waals surface area contributed by atoms with Gasteiger partial charge < -0.3 is 5.73 Å². The standard InChI is InChI=1S/C16H28N2/c1-3-5-7-9-14(10-8-6-4-2)15-11-12-18-13-16(15)17/h11-14H,3-10,17H2,1-2H3. The van der Waals surface area contributed by atoms with Crippen molar-refractivity contribution in [1.29, 1.82) is 0 Å². The Morgan fingerprint density at radius 2 is 1.67 bits per heavy atom. The lowest BCUT2D eigenvalue weighted by Crippen LogP contribution is -2.04. The lowest BCUT2D eigenvalue weighted by Gasteiger charge is -2.18. The number of nitrogens with two attached hydrogens (primary N) is 1. The third-order valence-corrected chi connectivity index (χ3v) is 3.64. The maximum atomic E-state index is 6.07. The van der Waals surface area contributed by atoms with E-state index < -0.39 is 0 Å². The van der Waals surface area contributed by atoms with E-state index in [9.17, 15) is 0 Å². The summed E-state index contributed by atoms with van der Waals surface area (Å²) in [7, 11) is 0. The molecule has 18 heavy (non-hydrogen) atoms. The highest BCUT2D eigenvalue weighted by molar-refractivity contribution is 5.45. The van der Waals surface area contributed by atoms with Crippen LogP contribution in [0.2, 0.25) is 0 Å². The molecule has 1 aromatic heterocycles. The lowest BCUT2D eigenvalue weighted by atomic mass is 9.88. The van der Waals surface area contributed by atoms with E-state index in [4.69, 9.17) is 5.73 Å². The SMILES string of the molecule is CCCCCC(CCCCC)c1ccncc1N. The molecule has 0 aliphatic heterocycles. The van der Waals surface area contributed by atoms with Gasteiger partial charge in [-0.25, -0.2) is 0 Å². The van der Waals surface area contributed by atoms with Gasteiger partial charge in [0.1, 0.15) is 0 Å². The summed E-state index contributed by atoms with van der Waals surface area (Å²) in [5, 5.41) is 0. The molecule has 0 fully saturated rings. The van der Waals surface area contributed by atoms with Crippen LogP contribution in [-0.4, -0.2) is 4.98 Å². The Kier molecular flexibility index (Phi) is 7.47. The van der Waals surface area contributed by atoms with Gasteiger partial charge in [0.05, 0.1) is 11.9 Å². The average molecular weight is 248 g/mol. The largest absolute Gasteiger partial charge is 0.397 e. The molecule has 0 aliphatic carbocycles. The predicted octanol–water partition coefficient (Wildman–Crippen LogP) is 4.91. The van der Waals surface area contributed by atoms with Crippen LogP contribution in [0.4, 0.5) is 5.69 Å². The molecule has 0 saturated carbocycles. The minimum atomic E-state index is 0.631. The maximum absolute atomic E-state index is 6.07. The molecule has 0 bridgehead atoms. The van der Waals surface area contributed by atoms with E-state index in [1.807, 2.05) is 6.20 Å². The van der Waals surface area contributed by atoms with Gasteiger partial charge >= 0.3 is 0 Å². The van der Waals surface area contributed by atoms with E-state index >= 15 is 0 Å². The number of aromatic nitrogens is 1. The number of pyridine rings is 1. The number of nitrogens with zero attached hydrogens (tertiary/aromatic N) is 1. The van der Waals surface area contributed by atoms with Gasteiger partial charge in [0, 0.05) is 6.20 Å². The number of unbranched alkanes of at least 4 members (excludes halogenated alkanes) is 4. The fraction of sp³-hybridized carbons (Fsp3) is 0.688. The van der Waals surface area contributed by atoms with E-state index in [0.717, 1.165) is 5.69 Å². The number of anilines is 1. The molecule has 2 nitrogen and oxygen atoms in total. The summed E-state index contributed by atoms with van der Waals surface area (Å²) in [6.07, 6.45) is 14.1. The zero-order chi connectivity index (χ0) is 13.2. The fourth-order valence-corrected chi connectivity index (χ4v) is 2.53. The molecule has 0 saturated heterocycles. The smallest absolute Gasteiger partial charge is 0.0535 e. The summed E-state index contributed by atoms with van der Waals surface area (Å²) in [5.74, 6) is 0.631. The summed E-state index contributed by atoms with van der Waals surface area (Å²) in [6, 6.07) is 2.11. The van der Waals surface area contributed by atoms with Gasteiger partial charge in [-0.1, -0.05) is 52.4 Å². The van der Waals surface area contributed by atoms with Crippen molar-refractivity contribution >= 4 is 5.69 Å². The summed E-state index contributed by atoms with van der Waals surface area (Å²) in [4.78, 5) is 4.10. The number of nitrogen functional groups attached to an aromatic ring is 1. The van der Waals surface area contributed by atoms with Crippen LogP contribution in [0.3, 0.4) is 0 Å². The monoisotopic (exact) mass is 248 g/mol. The van der Waals surface area contributed by atoms with Crippen molar-refractivity contribution in [2.24, 2.45) is 0 Å². The summed E-state index contributed by atoms with van der Waals surface area (Å²) < 4.78 is 0. The van der Waals surface area contributed by atoms with E-state index in [1.54, 1.807) is 6.20 Å². The molecule has 0 atom stereocenters. The number of hydrogen-bond donors (Lipinski definition) is 1. The molecule has 1 rings (SSSR count). The summed E-state index contributed by atoms with van der Waals surface area (Å²) in [5.41, 5.74) is 8.26. The van der Waals surface area contributed by atoms with Crippen LogP contribution in [-0.2, 0) is 0 Å². The van der Waals surface area contributed by atoms with Crippen molar-refractivity contribution in [3.8, 4) is 0 Å². The van der Waals surface area contributed by atoms with Gasteiger partial charge in [-0.2, -0.15) is 0 Å². The van der Waals surface area contributed by atoms with Crippen molar-refractivity contribution < 1.29 is 0 Å². The highest BCUT2D eigenvalue weighted by atomic mass is 14.7. The van der Waals surface area contributed by atoms with Crippen molar-refractivity contribution in [1.82, 2.24) is 4.98 Å². The Balaban J connectivity index is 2.60. The van der Waals surface area contributed by atoms with Crippen molar-refractivity contribution in [3.05, 3.63) is 24.0 Å². The van der Waals surface area contributed by atoms with Crippen LogP contribution in [0.1, 0.15) is 76.7 Å². The van der Waals surface area contributed by atoms with Crippen LogP contribution >= 0.6 is 0 Å². The minimum absolute atomic E-state index is 0.631. The van der Waals surface area contributed by atoms with Crippen LogP contribution < -0.4 is 5.73 Å². The molecular formula is C16H28N2. The van der Waals surface area contributed by atoms with Gasteiger partial charge in [0.25, 0.3) is 0 Å². The van der Waals surface area contributed by atoms with Crippen molar-refractivity contribution in [3.63, 3.8) is 0 Å². The van der Waals surface area contributed by atoms with Crippen LogP contribution in [0.5, 0.6) is 0 Å². The van der Waals surface area contributed by atoms with E-state index in [0.29, 0.717) is 5.92 Å². The number of rotatable bonds is 9. The highest BCUT2D eigenvalue weighted by Gasteiger charge is 2.13. The first-order valence-electron chi connectivity index (χ1n) is 7.49. The third kappa shape index (κ3) is 5.07. The van der Waals surface area contributed by atoms with Crippen LogP contribution in [0.25, 0.3) is 0 Å². The van der Waals surface area contributed by atoms with Gasteiger partial charge in [-0.05, 0) is 30.4 Å². The zero-order valence-electron chi connectivity index (χ0n) is 12.0. The Bertz CT molecular complexity index is 313. The predicted molar refractivity (Wildman–Crippen MR) is 79.7 cm³/mol. The summed E-state index contributed by atoms with van der Waals surface area (Å²) in [6.45, 7) is 4.51. The summed E-state index contributed by atoms with van der Waals surface area (Å²) >= 11 is 0. The second kappa shape index (κ2) is 8.96. The van der Waals surface area contributed by atoms with Crippen LogP contribution in [0.15, 0.2) is 18.5 Å². The maximum Gasteiger partial charge on any atom is 0.0535 e. The fourth-order valence-electron chi connectivity index (χ4n) is 2.53. The third-order valence-electron chi connectivity index (χ3n) is 3.64. The van der Waals surface area contributed by atoms with Gasteiger partial charge in [-0.15, -0.1) is 0 Å². The van der Waals surface area contributed by atoms with Gasteiger partial charge in [0.2, 0.25) is 0 Å². The van der Waals surface area contributed by atoms with E-state index in [1.165, 1.54) is 56.9 Å². The molecule has 0 amide bonds. The molecule has 0 radical (unpaired) electrons. The molecule has 2 heteroatoms. The molecule has 0 aromatic carbocycles. The van der Waals surface area contributed by atoms with Crippen molar-refractivity contribution in [2.45, 2.75) is 71.1 Å². The Hall–Kier alpha value is -1.05. The molecule has 2 N–H and O–H groups in total. The molecule has 1 heterocycles. The molecule has 0 unspecified atom stereocenters. The second-order valence-electron chi connectivity index (χ2n) is 5.19. The average Bonchev–Trinajstić information content (AvgIpc) is 2.38. The molecule has 1 aromatic rings. The molecular weight excluding hydrogens is 220 g/mol. The minimum Gasteiger partial charge on any atom is -0.397 e. The highest BCUT2D eigenvalue weighted by Crippen LogP contribution is 2.31. The van der Waals surface area contributed by atoms with Gasteiger partial charge in [-0.3, -0.25) is 4.98 Å².